The predicted octanol–water partition coefficient (Wildman–Crippen LogP) is 4.14. The van der Waals surface area contributed by atoms with Crippen LogP contribution in [0.5, 0.6) is 11.5 Å². The maximum Gasteiger partial charge on any atom is 0.136 e. The minimum Gasteiger partial charge on any atom is -0.493 e. The summed E-state index contributed by atoms with van der Waals surface area (Å²) in [5.74, 6) is 1.31. The molecule has 1 atom stereocenters. The third kappa shape index (κ3) is 2.59. The fourth-order valence-electron chi connectivity index (χ4n) is 2.15. The summed E-state index contributed by atoms with van der Waals surface area (Å²) in [6, 6.07) is 12.3. The molecule has 0 bridgehead atoms. The highest BCUT2D eigenvalue weighted by Gasteiger charge is 2.24. The van der Waals surface area contributed by atoms with E-state index in [1.807, 2.05) is 24.3 Å². The number of ether oxygens (including phenoxy) is 2. The number of hydrogen-bond acceptors (Lipinski definition) is 2. The van der Waals surface area contributed by atoms with Gasteiger partial charge in [-0.1, -0.05) is 18.2 Å². The van der Waals surface area contributed by atoms with E-state index in [-0.39, 0.29) is 11.7 Å². The quantitative estimate of drug-likeness (QED) is 0.845. The number of fused-ring (bicyclic) bond motifs is 1. The Morgan fingerprint density at radius 3 is 3.00 bits per heavy atom. The molecule has 1 unspecified atom stereocenters. The van der Waals surface area contributed by atoms with Crippen LogP contribution in [0.4, 0.5) is 4.39 Å². The Morgan fingerprint density at radius 1 is 1.26 bits per heavy atom. The van der Waals surface area contributed by atoms with Gasteiger partial charge in [-0.15, -0.1) is 0 Å². The molecule has 4 heteroatoms. The van der Waals surface area contributed by atoms with Crippen molar-refractivity contribution in [3.63, 3.8) is 0 Å². The van der Waals surface area contributed by atoms with Crippen LogP contribution in [0.2, 0.25) is 0 Å². The Hall–Kier alpha value is -1.55. The van der Waals surface area contributed by atoms with Gasteiger partial charge in [0.2, 0.25) is 0 Å². The minimum absolute atomic E-state index is 0.186. The lowest BCUT2D eigenvalue weighted by atomic mass is 10.0. The molecule has 98 valence electrons. The Labute approximate surface area is 119 Å². The van der Waals surface area contributed by atoms with Crippen molar-refractivity contribution in [2.45, 2.75) is 5.92 Å². The van der Waals surface area contributed by atoms with Gasteiger partial charge in [0.1, 0.15) is 17.3 Å². The summed E-state index contributed by atoms with van der Waals surface area (Å²) in [5, 5.41) is 0. The van der Waals surface area contributed by atoms with Gasteiger partial charge in [0.15, 0.2) is 0 Å². The molecule has 0 radical (unpaired) electrons. The number of rotatable bonds is 3. The van der Waals surface area contributed by atoms with Crippen molar-refractivity contribution in [2.75, 3.05) is 13.2 Å². The molecule has 0 saturated heterocycles. The lowest BCUT2D eigenvalue weighted by molar-refractivity contribution is 0.246. The van der Waals surface area contributed by atoms with E-state index in [4.69, 9.17) is 9.47 Å². The lowest BCUT2D eigenvalue weighted by Gasteiger charge is -2.12. The molecule has 1 aliphatic rings. The zero-order valence-electron chi connectivity index (χ0n) is 10.1. The first-order valence-electron chi connectivity index (χ1n) is 6.03. The van der Waals surface area contributed by atoms with E-state index in [1.54, 1.807) is 6.07 Å². The molecule has 3 rings (SSSR count). The molecule has 0 N–H and O–H groups in total. The van der Waals surface area contributed by atoms with Gasteiger partial charge in [-0.3, -0.25) is 0 Å². The average molecular weight is 323 g/mol. The molecule has 0 aromatic heterocycles. The Morgan fingerprint density at radius 2 is 2.11 bits per heavy atom. The van der Waals surface area contributed by atoms with Gasteiger partial charge in [0.05, 0.1) is 23.6 Å². The Balaban J connectivity index is 1.72. The van der Waals surface area contributed by atoms with Crippen molar-refractivity contribution in [3.8, 4) is 11.5 Å². The lowest BCUT2D eigenvalue weighted by Crippen LogP contribution is -2.12. The molecule has 19 heavy (non-hydrogen) atoms. The molecule has 0 fully saturated rings. The second-order valence-corrected chi connectivity index (χ2v) is 5.29. The molecule has 2 nitrogen and oxygen atoms in total. The maximum absolute atomic E-state index is 13.2. The molecule has 0 amide bonds. The van der Waals surface area contributed by atoms with E-state index >= 15 is 0 Å². The topological polar surface area (TPSA) is 18.5 Å². The molecule has 0 spiro atoms. The molecule has 0 aliphatic carbocycles. The highest BCUT2D eigenvalue weighted by molar-refractivity contribution is 9.10. The summed E-state index contributed by atoms with van der Waals surface area (Å²) in [5.41, 5.74) is 1.15. The van der Waals surface area contributed by atoms with Crippen LogP contribution in [0, 0.1) is 5.82 Å². The van der Waals surface area contributed by atoms with Crippen molar-refractivity contribution < 1.29 is 13.9 Å². The number of benzene rings is 2. The Kier molecular flexibility index (Phi) is 3.42. The normalized spacial score (nSPS) is 16.8. The molecular weight excluding hydrogens is 311 g/mol. The van der Waals surface area contributed by atoms with Gasteiger partial charge in [0.25, 0.3) is 0 Å². The standard InChI is InChI=1S/C15H12BrFO2/c16-13-6-5-11(17)7-15(13)19-9-10-8-18-14-4-2-1-3-12(10)14/h1-7,10H,8-9H2. The first kappa shape index (κ1) is 12.5. The Bertz CT molecular complexity index is 600. The van der Waals surface area contributed by atoms with E-state index < -0.39 is 0 Å². The molecule has 2 aromatic carbocycles. The molecule has 1 heterocycles. The van der Waals surface area contributed by atoms with Gasteiger partial charge in [-0.05, 0) is 34.1 Å². The maximum atomic E-state index is 13.2. The average Bonchev–Trinajstić information content (AvgIpc) is 2.83. The second kappa shape index (κ2) is 5.21. The summed E-state index contributed by atoms with van der Waals surface area (Å²) in [4.78, 5) is 0. The number of halogens is 2. The van der Waals surface area contributed by atoms with Gasteiger partial charge >= 0.3 is 0 Å². The minimum atomic E-state index is -0.304. The predicted molar refractivity (Wildman–Crippen MR) is 74.3 cm³/mol. The van der Waals surface area contributed by atoms with Crippen LogP contribution in [0.25, 0.3) is 0 Å². The van der Waals surface area contributed by atoms with Crippen LogP contribution in [0.1, 0.15) is 11.5 Å². The summed E-state index contributed by atoms with van der Waals surface area (Å²) in [6.45, 7) is 1.07. The number of para-hydroxylation sites is 1. The van der Waals surface area contributed by atoms with Crippen molar-refractivity contribution in [3.05, 3.63) is 58.3 Å². The summed E-state index contributed by atoms with van der Waals surface area (Å²) >= 11 is 3.35. The van der Waals surface area contributed by atoms with Crippen LogP contribution in [0.3, 0.4) is 0 Å². The van der Waals surface area contributed by atoms with Crippen molar-refractivity contribution in [2.24, 2.45) is 0 Å². The summed E-state index contributed by atoms with van der Waals surface area (Å²) < 4.78 is 25.2. The molecular formula is C15H12BrFO2. The van der Waals surface area contributed by atoms with Gasteiger partial charge in [0, 0.05) is 11.6 Å². The van der Waals surface area contributed by atoms with Crippen LogP contribution >= 0.6 is 15.9 Å². The van der Waals surface area contributed by atoms with E-state index in [0.717, 1.165) is 15.8 Å². The van der Waals surface area contributed by atoms with Gasteiger partial charge < -0.3 is 9.47 Å². The van der Waals surface area contributed by atoms with E-state index in [2.05, 4.69) is 15.9 Å². The smallest absolute Gasteiger partial charge is 0.136 e. The van der Waals surface area contributed by atoms with Crippen molar-refractivity contribution >= 4 is 15.9 Å². The summed E-state index contributed by atoms with van der Waals surface area (Å²) in [6.07, 6.45) is 0. The molecule has 2 aromatic rings. The van der Waals surface area contributed by atoms with E-state index in [0.29, 0.717) is 19.0 Å². The van der Waals surface area contributed by atoms with Crippen LogP contribution < -0.4 is 9.47 Å². The molecule has 0 saturated carbocycles. The SMILES string of the molecule is Fc1ccc(Br)c(OCC2COc3ccccc32)c1. The largest absolute Gasteiger partial charge is 0.493 e. The monoisotopic (exact) mass is 322 g/mol. The van der Waals surface area contributed by atoms with Crippen LogP contribution in [-0.2, 0) is 0 Å². The second-order valence-electron chi connectivity index (χ2n) is 4.43. The zero-order valence-corrected chi connectivity index (χ0v) is 11.7. The van der Waals surface area contributed by atoms with E-state index in [9.17, 15) is 4.39 Å². The molecule has 1 aliphatic heterocycles. The fraction of sp³-hybridized carbons (Fsp3) is 0.200. The number of hydrogen-bond donors (Lipinski definition) is 0. The van der Waals surface area contributed by atoms with Crippen LogP contribution in [0.15, 0.2) is 46.9 Å². The van der Waals surface area contributed by atoms with Gasteiger partial charge in [-0.25, -0.2) is 4.39 Å². The highest BCUT2D eigenvalue weighted by atomic mass is 79.9. The van der Waals surface area contributed by atoms with Gasteiger partial charge in [-0.2, -0.15) is 0 Å². The fourth-order valence-corrected chi connectivity index (χ4v) is 2.51. The first-order chi connectivity index (χ1) is 9.24. The van der Waals surface area contributed by atoms with Crippen molar-refractivity contribution in [1.82, 2.24) is 0 Å². The first-order valence-corrected chi connectivity index (χ1v) is 6.83. The van der Waals surface area contributed by atoms with Crippen molar-refractivity contribution in [1.29, 1.82) is 0 Å². The third-order valence-electron chi connectivity index (χ3n) is 3.13. The van der Waals surface area contributed by atoms with E-state index in [1.165, 1.54) is 12.1 Å². The third-order valence-corrected chi connectivity index (χ3v) is 3.79. The highest BCUT2D eigenvalue weighted by Crippen LogP contribution is 2.34. The summed E-state index contributed by atoms with van der Waals surface area (Å²) in [7, 11) is 0. The zero-order chi connectivity index (χ0) is 13.2. The van der Waals surface area contributed by atoms with Crippen LogP contribution in [-0.4, -0.2) is 13.2 Å².